The molecule has 1 aromatic rings. The van der Waals surface area contributed by atoms with E-state index < -0.39 is 12.7 Å². The molecule has 0 fully saturated rings. The second-order valence-corrected chi connectivity index (χ2v) is 3.63. The van der Waals surface area contributed by atoms with Gasteiger partial charge in [-0.1, -0.05) is 40.9 Å². The molecule has 0 aliphatic rings. The maximum Gasteiger partial charge on any atom is 0.104 e. The molecule has 1 aromatic carbocycles. The van der Waals surface area contributed by atoms with Crippen molar-refractivity contribution in [3.8, 4) is 0 Å². The lowest BCUT2D eigenvalue weighted by molar-refractivity contribution is 0.0957. The van der Waals surface area contributed by atoms with Crippen molar-refractivity contribution >= 4 is 34.8 Å². The van der Waals surface area contributed by atoms with Crippen LogP contribution in [-0.2, 0) is 0 Å². The Hall–Kier alpha value is 0.01000. The topological polar surface area (TPSA) is 40.5 Å². The minimum Gasteiger partial charge on any atom is -0.393 e. The minimum absolute atomic E-state index is 0.177. The van der Waals surface area contributed by atoms with E-state index in [1.54, 1.807) is 0 Å². The molecular formula is C8H7Cl3O2. The fourth-order valence-electron chi connectivity index (χ4n) is 0.897. The standard InChI is InChI=1S/C8H7Cl3O2/c9-5-2-1-4(6(13)3-12)7(10)8(5)11/h1-2,6,12-13H,3H2. The lowest BCUT2D eigenvalue weighted by atomic mass is 10.1. The Kier molecular flexibility index (Phi) is 3.83. The third-order valence-electron chi connectivity index (χ3n) is 1.60. The van der Waals surface area contributed by atoms with Crippen molar-refractivity contribution in [2.75, 3.05) is 6.61 Å². The summed E-state index contributed by atoms with van der Waals surface area (Å²) in [6, 6.07) is 3.04. The Morgan fingerprint density at radius 1 is 1.15 bits per heavy atom. The number of halogens is 3. The smallest absolute Gasteiger partial charge is 0.104 e. The Bertz CT molecular complexity index is 315. The van der Waals surface area contributed by atoms with E-state index in [4.69, 9.17) is 39.9 Å². The van der Waals surface area contributed by atoms with Gasteiger partial charge in [0.05, 0.1) is 21.7 Å². The molecule has 72 valence electrons. The summed E-state index contributed by atoms with van der Waals surface area (Å²) in [5.41, 5.74) is 0.374. The van der Waals surface area contributed by atoms with Gasteiger partial charge < -0.3 is 10.2 Å². The highest BCUT2D eigenvalue weighted by Crippen LogP contribution is 2.35. The average molecular weight is 242 g/mol. The Morgan fingerprint density at radius 2 is 1.77 bits per heavy atom. The molecule has 0 aliphatic heterocycles. The van der Waals surface area contributed by atoms with Crippen LogP contribution in [0.15, 0.2) is 12.1 Å². The maximum atomic E-state index is 9.29. The summed E-state index contributed by atoms with van der Waals surface area (Å²) in [6.07, 6.45) is -1.03. The van der Waals surface area contributed by atoms with E-state index in [2.05, 4.69) is 0 Å². The number of benzene rings is 1. The number of hydrogen-bond donors (Lipinski definition) is 2. The Morgan fingerprint density at radius 3 is 2.31 bits per heavy atom. The van der Waals surface area contributed by atoms with Gasteiger partial charge in [0, 0.05) is 5.56 Å². The number of hydrogen-bond acceptors (Lipinski definition) is 2. The molecule has 0 bridgehead atoms. The summed E-state index contributed by atoms with van der Waals surface area (Å²) >= 11 is 17.2. The van der Waals surface area contributed by atoms with Crippen molar-refractivity contribution in [3.05, 3.63) is 32.8 Å². The fraction of sp³-hybridized carbons (Fsp3) is 0.250. The van der Waals surface area contributed by atoms with Crippen LogP contribution in [0.3, 0.4) is 0 Å². The number of aliphatic hydroxyl groups is 2. The van der Waals surface area contributed by atoms with Gasteiger partial charge in [-0.2, -0.15) is 0 Å². The molecule has 1 unspecified atom stereocenters. The first-order valence-corrected chi connectivity index (χ1v) is 4.63. The molecule has 0 spiro atoms. The lowest BCUT2D eigenvalue weighted by Crippen LogP contribution is -2.03. The van der Waals surface area contributed by atoms with E-state index in [1.165, 1.54) is 12.1 Å². The summed E-state index contributed by atoms with van der Waals surface area (Å²) in [7, 11) is 0. The highest BCUT2D eigenvalue weighted by Gasteiger charge is 2.14. The molecular weight excluding hydrogens is 234 g/mol. The second kappa shape index (κ2) is 4.49. The normalized spacial score (nSPS) is 13.0. The minimum atomic E-state index is -1.03. The van der Waals surface area contributed by atoms with Gasteiger partial charge in [0.15, 0.2) is 0 Å². The molecule has 0 radical (unpaired) electrons. The number of rotatable bonds is 2. The van der Waals surface area contributed by atoms with Crippen LogP contribution in [0, 0.1) is 0 Å². The zero-order valence-electron chi connectivity index (χ0n) is 6.47. The van der Waals surface area contributed by atoms with E-state index in [1.807, 2.05) is 0 Å². The molecule has 1 atom stereocenters. The first-order chi connectivity index (χ1) is 6.07. The van der Waals surface area contributed by atoms with Crippen molar-refractivity contribution in [3.63, 3.8) is 0 Å². The molecule has 0 heterocycles. The summed E-state index contributed by atoms with van der Waals surface area (Å²) in [6.45, 7) is -0.405. The third kappa shape index (κ3) is 2.27. The van der Waals surface area contributed by atoms with Gasteiger partial charge in [0.25, 0.3) is 0 Å². The van der Waals surface area contributed by atoms with Gasteiger partial charge in [-0.25, -0.2) is 0 Å². The largest absolute Gasteiger partial charge is 0.393 e. The van der Waals surface area contributed by atoms with Crippen molar-refractivity contribution in [1.82, 2.24) is 0 Å². The van der Waals surface area contributed by atoms with Gasteiger partial charge in [0.2, 0.25) is 0 Å². The SMILES string of the molecule is OCC(O)c1ccc(Cl)c(Cl)c1Cl. The molecule has 2 N–H and O–H groups in total. The van der Waals surface area contributed by atoms with Crippen molar-refractivity contribution < 1.29 is 10.2 Å². The fourth-order valence-corrected chi connectivity index (χ4v) is 1.57. The summed E-state index contributed by atoms with van der Waals surface area (Å²) in [5, 5.41) is 18.7. The second-order valence-electron chi connectivity index (χ2n) is 2.46. The van der Waals surface area contributed by atoms with Crippen LogP contribution in [0.2, 0.25) is 15.1 Å². The Labute approximate surface area is 90.7 Å². The van der Waals surface area contributed by atoms with E-state index in [0.717, 1.165) is 0 Å². The van der Waals surface area contributed by atoms with Gasteiger partial charge >= 0.3 is 0 Å². The van der Waals surface area contributed by atoms with Gasteiger partial charge in [-0.05, 0) is 6.07 Å². The zero-order chi connectivity index (χ0) is 10.0. The zero-order valence-corrected chi connectivity index (χ0v) is 8.74. The number of aliphatic hydroxyl groups excluding tert-OH is 2. The van der Waals surface area contributed by atoms with Gasteiger partial charge in [-0.15, -0.1) is 0 Å². The van der Waals surface area contributed by atoms with Crippen LogP contribution in [-0.4, -0.2) is 16.8 Å². The summed E-state index contributed by atoms with van der Waals surface area (Å²) in [4.78, 5) is 0. The van der Waals surface area contributed by atoms with Crippen molar-refractivity contribution in [2.24, 2.45) is 0 Å². The van der Waals surface area contributed by atoms with E-state index in [9.17, 15) is 5.11 Å². The van der Waals surface area contributed by atoms with Crippen LogP contribution >= 0.6 is 34.8 Å². The monoisotopic (exact) mass is 240 g/mol. The molecule has 0 amide bonds. The summed E-state index contributed by atoms with van der Waals surface area (Å²) in [5.74, 6) is 0. The molecule has 0 saturated carbocycles. The maximum absolute atomic E-state index is 9.29. The lowest BCUT2D eigenvalue weighted by Gasteiger charge is -2.11. The molecule has 1 rings (SSSR count). The van der Waals surface area contributed by atoms with E-state index in [-0.39, 0.29) is 10.0 Å². The first-order valence-electron chi connectivity index (χ1n) is 3.50. The molecule has 2 nitrogen and oxygen atoms in total. The van der Waals surface area contributed by atoms with Crippen LogP contribution in [0.4, 0.5) is 0 Å². The molecule has 0 aliphatic carbocycles. The quantitative estimate of drug-likeness (QED) is 0.782. The van der Waals surface area contributed by atoms with E-state index >= 15 is 0 Å². The highest BCUT2D eigenvalue weighted by molar-refractivity contribution is 6.48. The Balaban J connectivity index is 3.18. The molecule has 13 heavy (non-hydrogen) atoms. The predicted molar refractivity (Wildman–Crippen MR) is 53.5 cm³/mol. The van der Waals surface area contributed by atoms with Gasteiger partial charge in [0.1, 0.15) is 6.10 Å². The van der Waals surface area contributed by atoms with E-state index in [0.29, 0.717) is 10.6 Å². The van der Waals surface area contributed by atoms with Crippen LogP contribution in [0.5, 0.6) is 0 Å². The van der Waals surface area contributed by atoms with Crippen LogP contribution in [0.1, 0.15) is 11.7 Å². The van der Waals surface area contributed by atoms with Crippen LogP contribution < -0.4 is 0 Å². The van der Waals surface area contributed by atoms with Crippen molar-refractivity contribution in [1.29, 1.82) is 0 Å². The molecule has 5 heteroatoms. The highest BCUT2D eigenvalue weighted by atomic mass is 35.5. The first kappa shape index (κ1) is 11.1. The molecule has 0 aromatic heterocycles. The predicted octanol–water partition coefficient (Wildman–Crippen LogP) is 2.67. The third-order valence-corrected chi connectivity index (χ3v) is 2.91. The van der Waals surface area contributed by atoms with Crippen LogP contribution in [0.25, 0.3) is 0 Å². The average Bonchev–Trinajstić information content (AvgIpc) is 2.13. The summed E-state index contributed by atoms with van der Waals surface area (Å²) < 4.78 is 0. The van der Waals surface area contributed by atoms with Crippen molar-refractivity contribution in [2.45, 2.75) is 6.10 Å². The van der Waals surface area contributed by atoms with Gasteiger partial charge in [-0.3, -0.25) is 0 Å². The molecule has 0 saturated heterocycles.